The van der Waals surface area contributed by atoms with Gasteiger partial charge in [0.05, 0.1) is 5.69 Å². The Kier molecular flexibility index (Phi) is 7.39. The molecule has 2 aromatic heterocycles. The number of para-hydroxylation sites is 1. The van der Waals surface area contributed by atoms with Gasteiger partial charge in [0.15, 0.2) is 0 Å². The molecule has 11 rings (SSSR count). The zero-order valence-corrected chi connectivity index (χ0v) is 30.6. The maximum absolute atomic E-state index is 6.59. The van der Waals surface area contributed by atoms with Gasteiger partial charge in [-0.1, -0.05) is 152 Å². The lowest BCUT2D eigenvalue weighted by Gasteiger charge is -2.28. The average molecular weight is 720 g/mol. The first kappa shape index (κ1) is 31.6. The van der Waals surface area contributed by atoms with E-state index in [-0.39, 0.29) is 0 Å². The fraction of sp³-hybridized carbons (Fsp3) is 0. The minimum atomic E-state index is 0.893. The summed E-state index contributed by atoms with van der Waals surface area (Å²) in [6, 6.07) is 72.1. The van der Waals surface area contributed by atoms with Gasteiger partial charge in [-0.05, 0) is 81.7 Å². The van der Waals surface area contributed by atoms with E-state index in [0.29, 0.717) is 0 Å². The summed E-state index contributed by atoms with van der Waals surface area (Å²) in [4.78, 5) is 2.40. The Morgan fingerprint density at radius 1 is 0.400 bits per heavy atom. The van der Waals surface area contributed by atoms with Crippen molar-refractivity contribution in [2.75, 3.05) is 4.90 Å². The molecule has 0 aliphatic heterocycles. The molecule has 2 heterocycles. The van der Waals surface area contributed by atoms with Crippen LogP contribution in [0, 0.1) is 0 Å². The molecule has 0 N–H and O–H groups in total. The molecule has 0 aliphatic rings. The van der Waals surface area contributed by atoms with E-state index in [9.17, 15) is 0 Å². The average Bonchev–Trinajstić information content (AvgIpc) is 3.84. The third-order valence-corrected chi connectivity index (χ3v) is 12.1. The Morgan fingerprint density at radius 2 is 1.07 bits per heavy atom. The molecule has 3 heteroatoms. The fourth-order valence-electron chi connectivity index (χ4n) is 8.33. The summed E-state index contributed by atoms with van der Waals surface area (Å²) in [7, 11) is 0. The maximum atomic E-state index is 6.59. The van der Waals surface area contributed by atoms with Crippen LogP contribution in [0.15, 0.2) is 205 Å². The van der Waals surface area contributed by atoms with Crippen LogP contribution in [0.2, 0.25) is 0 Å². The van der Waals surface area contributed by atoms with Crippen molar-refractivity contribution < 1.29 is 4.42 Å². The minimum Gasteiger partial charge on any atom is -0.455 e. The third-order valence-electron chi connectivity index (χ3n) is 10.9. The molecule has 0 amide bonds. The molecule has 0 atom stereocenters. The highest BCUT2D eigenvalue weighted by Gasteiger charge is 2.20. The zero-order valence-electron chi connectivity index (χ0n) is 29.8. The van der Waals surface area contributed by atoms with Crippen LogP contribution >= 0.6 is 11.3 Å². The molecule has 0 unspecified atom stereocenters. The number of rotatable bonds is 6. The second-order valence-electron chi connectivity index (χ2n) is 14.0. The minimum absolute atomic E-state index is 0.893. The molecule has 0 aliphatic carbocycles. The summed E-state index contributed by atoms with van der Waals surface area (Å²) in [5.41, 5.74) is 12.2. The summed E-state index contributed by atoms with van der Waals surface area (Å²) in [5.74, 6) is 0. The van der Waals surface area contributed by atoms with Gasteiger partial charge in [0.1, 0.15) is 11.2 Å². The zero-order chi connectivity index (χ0) is 36.3. The smallest absolute Gasteiger partial charge is 0.143 e. The first-order chi connectivity index (χ1) is 27.3. The first-order valence-electron chi connectivity index (χ1n) is 18.7. The summed E-state index contributed by atoms with van der Waals surface area (Å²) in [6.45, 7) is 0. The number of benzene rings is 9. The highest BCUT2D eigenvalue weighted by Crippen LogP contribution is 2.45. The third kappa shape index (κ3) is 5.24. The highest BCUT2D eigenvalue weighted by atomic mass is 32.1. The molecule has 9 aromatic carbocycles. The van der Waals surface area contributed by atoms with E-state index in [1.54, 1.807) is 0 Å². The van der Waals surface area contributed by atoms with Crippen LogP contribution in [0.3, 0.4) is 0 Å². The molecule has 0 spiro atoms. The van der Waals surface area contributed by atoms with Gasteiger partial charge in [-0.15, -0.1) is 11.3 Å². The molecule has 0 radical (unpaired) electrons. The van der Waals surface area contributed by atoms with Crippen LogP contribution in [0.4, 0.5) is 17.1 Å². The van der Waals surface area contributed by atoms with E-state index in [4.69, 9.17) is 4.42 Å². The number of hydrogen-bond donors (Lipinski definition) is 0. The molecule has 11 aromatic rings. The Labute approximate surface area is 322 Å². The number of nitrogens with zero attached hydrogens (tertiary/aromatic N) is 1. The van der Waals surface area contributed by atoms with E-state index in [1.165, 1.54) is 47.8 Å². The maximum Gasteiger partial charge on any atom is 0.143 e. The highest BCUT2D eigenvalue weighted by molar-refractivity contribution is 7.26. The summed E-state index contributed by atoms with van der Waals surface area (Å²) < 4.78 is 9.23. The van der Waals surface area contributed by atoms with Gasteiger partial charge in [-0.3, -0.25) is 0 Å². The molecule has 0 saturated heterocycles. The van der Waals surface area contributed by atoms with Crippen molar-refractivity contribution in [3.8, 4) is 33.4 Å². The van der Waals surface area contributed by atoms with Crippen molar-refractivity contribution in [3.63, 3.8) is 0 Å². The van der Waals surface area contributed by atoms with Crippen LogP contribution < -0.4 is 4.90 Å². The lowest BCUT2D eigenvalue weighted by Crippen LogP contribution is -2.11. The first-order valence-corrected chi connectivity index (χ1v) is 19.5. The molecule has 0 saturated carbocycles. The van der Waals surface area contributed by atoms with Crippen LogP contribution in [-0.4, -0.2) is 0 Å². The van der Waals surface area contributed by atoms with E-state index in [0.717, 1.165) is 55.5 Å². The molecule has 0 bridgehead atoms. The van der Waals surface area contributed by atoms with E-state index in [1.807, 2.05) is 11.3 Å². The Hall–Kier alpha value is -6.94. The second kappa shape index (κ2) is 12.9. The second-order valence-corrected chi connectivity index (χ2v) is 15.1. The van der Waals surface area contributed by atoms with Gasteiger partial charge in [0.25, 0.3) is 0 Å². The van der Waals surface area contributed by atoms with Crippen LogP contribution in [0.25, 0.3) is 86.3 Å². The normalized spacial score (nSPS) is 11.6. The summed E-state index contributed by atoms with van der Waals surface area (Å²) in [5, 5.41) is 7.20. The van der Waals surface area contributed by atoms with Crippen molar-refractivity contribution in [3.05, 3.63) is 200 Å². The number of thiophene rings is 1. The lowest BCUT2D eigenvalue weighted by molar-refractivity contribution is 0.673. The Balaban J connectivity index is 1.08. The fourth-order valence-corrected chi connectivity index (χ4v) is 9.57. The Morgan fingerprint density at radius 3 is 1.98 bits per heavy atom. The van der Waals surface area contributed by atoms with Gasteiger partial charge in [-0.2, -0.15) is 0 Å². The van der Waals surface area contributed by atoms with Crippen LogP contribution in [-0.2, 0) is 0 Å². The topological polar surface area (TPSA) is 16.4 Å². The van der Waals surface area contributed by atoms with Crippen molar-refractivity contribution >= 4 is 81.3 Å². The number of furan rings is 1. The van der Waals surface area contributed by atoms with Crippen LogP contribution in [0.1, 0.15) is 0 Å². The number of fused-ring (bicyclic) bond motifs is 8. The molecular weight excluding hydrogens is 687 g/mol. The van der Waals surface area contributed by atoms with E-state index < -0.39 is 0 Å². The lowest BCUT2D eigenvalue weighted by atomic mass is 9.97. The van der Waals surface area contributed by atoms with Crippen molar-refractivity contribution in [1.29, 1.82) is 0 Å². The summed E-state index contributed by atoms with van der Waals surface area (Å²) >= 11 is 1.87. The van der Waals surface area contributed by atoms with Gasteiger partial charge < -0.3 is 9.32 Å². The van der Waals surface area contributed by atoms with Crippen molar-refractivity contribution in [2.45, 2.75) is 0 Å². The number of anilines is 3. The molecule has 2 nitrogen and oxygen atoms in total. The number of hydrogen-bond acceptors (Lipinski definition) is 3. The van der Waals surface area contributed by atoms with E-state index in [2.05, 4.69) is 205 Å². The predicted octanol–water partition coefficient (Wildman–Crippen LogP) is 15.6. The SMILES string of the molecule is c1ccc(-c2ccccc2N(c2ccc(-c3cccc4c3sc3ccccc34)cc2)c2cccc(-c3cccc4oc5c6ccccc6ccc5c34)c2)cc1. The predicted molar refractivity (Wildman–Crippen MR) is 235 cm³/mol. The summed E-state index contributed by atoms with van der Waals surface area (Å²) in [6.07, 6.45) is 0. The molecule has 55 heavy (non-hydrogen) atoms. The van der Waals surface area contributed by atoms with E-state index >= 15 is 0 Å². The Bertz CT molecular complexity index is 3210. The monoisotopic (exact) mass is 719 g/mol. The van der Waals surface area contributed by atoms with Gasteiger partial charge in [0.2, 0.25) is 0 Å². The van der Waals surface area contributed by atoms with Crippen molar-refractivity contribution in [2.24, 2.45) is 0 Å². The molecule has 258 valence electrons. The quantitative estimate of drug-likeness (QED) is 0.170. The van der Waals surface area contributed by atoms with Gasteiger partial charge in [0, 0.05) is 53.3 Å². The standard InChI is InChI=1S/C52H33NOS/c1-2-13-34(14-3-1)40-18-6-8-24-47(40)53(38-30-27-36(28-31-38)43-22-11-23-45-44-20-7-9-26-49(44)55-52(43)45)39-17-10-16-37(33-39)41-21-12-25-48-50(41)46-32-29-35-15-4-5-19-42(35)51(46)54-48/h1-33H. The van der Waals surface area contributed by atoms with Crippen LogP contribution in [0.5, 0.6) is 0 Å². The largest absolute Gasteiger partial charge is 0.455 e. The molecular formula is C52H33NOS. The van der Waals surface area contributed by atoms with Gasteiger partial charge >= 0.3 is 0 Å². The van der Waals surface area contributed by atoms with Gasteiger partial charge in [-0.25, -0.2) is 0 Å². The molecule has 0 fully saturated rings. The van der Waals surface area contributed by atoms with Crippen molar-refractivity contribution in [1.82, 2.24) is 0 Å².